The third-order valence-corrected chi connectivity index (χ3v) is 3.49. The number of nitrogens with zero attached hydrogens (tertiary/aromatic N) is 1. The highest BCUT2D eigenvalue weighted by Gasteiger charge is 2.32. The predicted octanol–water partition coefficient (Wildman–Crippen LogP) is 2.53. The molecule has 0 aliphatic carbocycles. The van der Waals surface area contributed by atoms with Crippen molar-refractivity contribution in [2.45, 2.75) is 6.42 Å². The van der Waals surface area contributed by atoms with Gasteiger partial charge < -0.3 is 15.3 Å². The molecule has 2 N–H and O–H groups in total. The van der Waals surface area contributed by atoms with Gasteiger partial charge in [0.2, 0.25) is 0 Å². The van der Waals surface area contributed by atoms with Gasteiger partial charge in [0.05, 0.1) is 10.9 Å². The second-order valence-corrected chi connectivity index (χ2v) is 5.28. The highest BCUT2D eigenvalue weighted by molar-refractivity contribution is 9.10. The topological polar surface area (TPSA) is 69.6 Å². The Kier molecular flexibility index (Phi) is 4.04. The number of carboxylic acid groups (broad SMARTS) is 1. The van der Waals surface area contributed by atoms with E-state index in [1.807, 2.05) is 0 Å². The van der Waals surface area contributed by atoms with E-state index >= 15 is 0 Å². The average molecular weight is 331 g/mol. The van der Waals surface area contributed by atoms with Crippen molar-refractivity contribution in [3.63, 3.8) is 0 Å². The van der Waals surface area contributed by atoms with Crippen LogP contribution in [0.3, 0.4) is 0 Å². The summed E-state index contributed by atoms with van der Waals surface area (Å²) in [4.78, 5) is 23.8. The number of benzene rings is 1. The molecule has 0 aromatic heterocycles. The summed E-state index contributed by atoms with van der Waals surface area (Å²) >= 11 is 3.04. The minimum absolute atomic E-state index is 0.0169. The Balaban J connectivity index is 1.85. The standard InChI is InChI=1S/C12H12BrFN2O3/c13-9-4-8(1-2-10(9)14)15-12(19)16-5-7(6-16)3-11(17)18/h1-2,4,7H,3,5-6H2,(H,15,19)(H,17,18). The number of anilines is 1. The maximum absolute atomic E-state index is 13.0. The first-order chi connectivity index (χ1) is 8.95. The monoisotopic (exact) mass is 330 g/mol. The zero-order valence-corrected chi connectivity index (χ0v) is 11.5. The van der Waals surface area contributed by atoms with Crippen LogP contribution in [0.5, 0.6) is 0 Å². The molecule has 0 spiro atoms. The number of hydrogen-bond acceptors (Lipinski definition) is 2. The summed E-state index contributed by atoms with van der Waals surface area (Å²) in [5.41, 5.74) is 0.486. The first-order valence-corrected chi connectivity index (χ1v) is 6.48. The van der Waals surface area contributed by atoms with Crippen molar-refractivity contribution in [1.29, 1.82) is 0 Å². The van der Waals surface area contributed by atoms with Gasteiger partial charge in [-0.3, -0.25) is 4.79 Å². The number of amides is 2. The van der Waals surface area contributed by atoms with Gasteiger partial charge in [0.1, 0.15) is 5.82 Å². The SMILES string of the molecule is O=C(O)CC1CN(C(=O)Nc2ccc(F)c(Br)c2)C1. The lowest BCUT2D eigenvalue weighted by molar-refractivity contribution is -0.139. The van der Waals surface area contributed by atoms with Crippen LogP contribution in [-0.4, -0.2) is 35.1 Å². The summed E-state index contributed by atoms with van der Waals surface area (Å²) in [6, 6.07) is 3.89. The lowest BCUT2D eigenvalue weighted by Gasteiger charge is -2.38. The molecule has 19 heavy (non-hydrogen) atoms. The van der Waals surface area contributed by atoms with E-state index in [-0.39, 0.29) is 22.8 Å². The quantitative estimate of drug-likeness (QED) is 0.894. The normalized spacial score (nSPS) is 14.9. The average Bonchev–Trinajstić information content (AvgIpc) is 2.27. The summed E-state index contributed by atoms with van der Waals surface area (Å²) in [5, 5.41) is 11.2. The number of urea groups is 1. The lowest BCUT2D eigenvalue weighted by atomic mass is 9.97. The number of likely N-dealkylation sites (tertiary alicyclic amines) is 1. The van der Waals surface area contributed by atoms with Crippen molar-refractivity contribution in [3.05, 3.63) is 28.5 Å². The molecule has 0 radical (unpaired) electrons. The number of aliphatic carboxylic acids is 1. The molecule has 1 aliphatic rings. The van der Waals surface area contributed by atoms with Crippen LogP contribution in [0.1, 0.15) is 6.42 Å². The van der Waals surface area contributed by atoms with Gasteiger partial charge in [0.15, 0.2) is 0 Å². The number of rotatable bonds is 3. The molecule has 1 aromatic rings. The maximum Gasteiger partial charge on any atom is 0.321 e. The molecule has 0 saturated carbocycles. The Bertz CT molecular complexity index is 518. The molecule has 2 rings (SSSR count). The fourth-order valence-electron chi connectivity index (χ4n) is 1.89. The van der Waals surface area contributed by atoms with E-state index in [1.54, 1.807) is 0 Å². The van der Waals surface area contributed by atoms with E-state index in [4.69, 9.17) is 5.11 Å². The van der Waals surface area contributed by atoms with Gasteiger partial charge in [-0.15, -0.1) is 0 Å². The smallest absolute Gasteiger partial charge is 0.321 e. The van der Waals surface area contributed by atoms with Crippen molar-refractivity contribution >= 4 is 33.6 Å². The van der Waals surface area contributed by atoms with Crippen LogP contribution < -0.4 is 5.32 Å². The predicted molar refractivity (Wildman–Crippen MR) is 70.4 cm³/mol. The van der Waals surface area contributed by atoms with Crippen molar-refractivity contribution in [1.82, 2.24) is 4.90 Å². The third kappa shape index (κ3) is 3.44. The van der Waals surface area contributed by atoms with Crippen LogP contribution in [0.2, 0.25) is 0 Å². The number of halogens is 2. The third-order valence-electron chi connectivity index (χ3n) is 2.88. The Morgan fingerprint density at radius 3 is 2.74 bits per heavy atom. The van der Waals surface area contributed by atoms with Crippen LogP contribution in [0.15, 0.2) is 22.7 Å². The molecule has 7 heteroatoms. The molecule has 1 heterocycles. The van der Waals surface area contributed by atoms with Crippen LogP contribution in [0, 0.1) is 11.7 Å². The Morgan fingerprint density at radius 2 is 2.16 bits per heavy atom. The second-order valence-electron chi connectivity index (χ2n) is 4.43. The minimum atomic E-state index is -0.854. The lowest BCUT2D eigenvalue weighted by Crippen LogP contribution is -2.52. The van der Waals surface area contributed by atoms with E-state index < -0.39 is 11.8 Å². The van der Waals surface area contributed by atoms with Gasteiger partial charge in [0.25, 0.3) is 0 Å². The molecule has 102 valence electrons. The number of carbonyl (C=O) groups is 2. The zero-order chi connectivity index (χ0) is 14.0. The molecule has 1 fully saturated rings. The molecule has 0 unspecified atom stereocenters. The first kappa shape index (κ1) is 13.8. The second kappa shape index (κ2) is 5.56. The molecule has 0 bridgehead atoms. The van der Waals surface area contributed by atoms with E-state index in [9.17, 15) is 14.0 Å². The maximum atomic E-state index is 13.0. The van der Waals surface area contributed by atoms with E-state index in [0.717, 1.165) is 0 Å². The molecule has 5 nitrogen and oxygen atoms in total. The number of hydrogen-bond donors (Lipinski definition) is 2. The molecule has 0 atom stereocenters. The van der Waals surface area contributed by atoms with Crippen molar-refractivity contribution in [3.8, 4) is 0 Å². The molecule has 1 saturated heterocycles. The fourth-order valence-corrected chi connectivity index (χ4v) is 2.27. The van der Waals surface area contributed by atoms with E-state index in [2.05, 4.69) is 21.2 Å². The Labute approximate surface area is 117 Å². The van der Waals surface area contributed by atoms with E-state index in [0.29, 0.717) is 18.8 Å². The van der Waals surface area contributed by atoms with Crippen molar-refractivity contribution in [2.75, 3.05) is 18.4 Å². The van der Waals surface area contributed by atoms with Crippen molar-refractivity contribution < 1.29 is 19.1 Å². The summed E-state index contributed by atoms with van der Waals surface area (Å²) in [5.74, 6) is -1.24. The van der Waals surface area contributed by atoms with Crippen LogP contribution >= 0.6 is 15.9 Å². The molecular weight excluding hydrogens is 319 g/mol. The molecular formula is C12H12BrFN2O3. The van der Waals surface area contributed by atoms with E-state index in [1.165, 1.54) is 23.1 Å². The van der Waals surface area contributed by atoms with Gasteiger partial charge in [-0.2, -0.15) is 0 Å². The van der Waals surface area contributed by atoms with Gasteiger partial charge in [-0.1, -0.05) is 0 Å². The largest absolute Gasteiger partial charge is 0.481 e. The van der Waals surface area contributed by atoms with Gasteiger partial charge in [-0.05, 0) is 34.1 Å². The number of nitrogens with one attached hydrogen (secondary N) is 1. The molecule has 1 aromatic carbocycles. The van der Waals surface area contributed by atoms with Gasteiger partial charge in [0, 0.05) is 24.7 Å². The summed E-state index contributed by atoms with van der Waals surface area (Å²) in [7, 11) is 0. The highest BCUT2D eigenvalue weighted by Crippen LogP contribution is 2.23. The van der Waals surface area contributed by atoms with Gasteiger partial charge >= 0.3 is 12.0 Å². The Morgan fingerprint density at radius 1 is 1.47 bits per heavy atom. The minimum Gasteiger partial charge on any atom is -0.481 e. The number of carbonyl (C=O) groups excluding carboxylic acids is 1. The summed E-state index contributed by atoms with van der Waals surface area (Å²) < 4.78 is 13.3. The van der Waals surface area contributed by atoms with Gasteiger partial charge in [-0.25, -0.2) is 9.18 Å². The Hall–Kier alpha value is -1.63. The van der Waals surface area contributed by atoms with Crippen LogP contribution in [-0.2, 0) is 4.79 Å². The van der Waals surface area contributed by atoms with Crippen LogP contribution in [0.25, 0.3) is 0 Å². The molecule has 2 amide bonds. The number of carboxylic acids is 1. The van der Waals surface area contributed by atoms with Crippen LogP contribution in [0.4, 0.5) is 14.9 Å². The highest BCUT2D eigenvalue weighted by atomic mass is 79.9. The molecule has 1 aliphatic heterocycles. The fraction of sp³-hybridized carbons (Fsp3) is 0.333. The summed E-state index contributed by atoms with van der Waals surface area (Å²) in [6.45, 7) is 0.862. The van der Waals surface area contributed by atoms with Crippen molar-refractivity contribution in [2.24, 2.45) is 5.92 Å². The summed E-state index contributed by atoms with van der Waals surface area (Å²) in [6.07, 6.45) is 0.0753. The first-order valence-electron chi connectivity index (χ1n) is 5.68. The zero-order valence-electron chi connectivity index (χ0n) is 9.90.